The van der Waals surface area contributed by atoms with Gasteiger partial charge in [-0.2, -0.15) is 0 Å². The van der Waals surface area contributed by atoms with Crippen molar-refractivity contribution in [2.45, 2.75) is 6.92 Å². The molecule has 2 rings (SSSR count). The van der Waals surface area contributed by atoms with E-state index in [1.165, 1.54) is 10.9 Å². The van der Waals surface area contributed by atoms with E-state index in [1.807, 2.05) is 18.3 Å². The van der Waals surface area contributed by atoms with Gasteiger partial charge in [-0.05, 0) is 18.6 Å². The van der Waals surface area contributed by atoms with Gasteiger partial charge in [0.2, 0.25) is 0 Å². The summed E-state index contributed by atoms with van der Waals surface area (Å²) in [4.78, 5) is 7.43. The van der Waals surface area contributed by atoms with Gasteiger partial charge >= 0.3 is 0 Å². The number of aromatic amines is 1. The minimum atomic E-state index is 0.246. The molecule has 1 aromatic heterocycles. The number of alkyl halides is 1. The number of fused-ring (bicyclic) bond motifs is 1. The lowest BCUT2D eigenvalue weighted by atomic mass is 10.2. The third kappa shape index (κ3) is 1.83. The monoisotopic (exact) mass is 221 g/mol. The number of nitrogens with one attached hydrogen (secondary N) is 1. The van der Waals surface area contributed by atoms with Gasteiger partial charge in [0.15, 0.2) is 0 Å². The molecule has 1 aromatic carbocycles. The summed E-state index contributed by atoms with van der Waals surface area (Å²) >= 11 is 5.59. The van der Waals surface area contributed by atoms with Crippen LogP contribution < -0.4 is 5.73 Å². The lowest BCUT2D eigenvalue weighted by Crippen LogP contribution is -2.12. The number of aliphatic imine (C=N–C) groups is 1. The van der Waals surface area contributed by atoms with Crippen molar-refractivity contribution >= 4 is 34.0 Å². The summed E-state index contributed by atoms with van der Waals surface area (Å²) in [6.45, 7) is 2.05. The molecule has 3 N–H and O–H groups in total. The zero-order valence-electron chi connectivity index (χ0n) is 8.42. The number of benzene rings is 1. The molecule has 0 spiro atoms. The molecule has 0 unspecified atom stereocenters. The van der Waals surface area contributed by atoms with Crippen molar-refractivity contribution in [3.63, 3.8) is 0 Å². The number of aryl methyl sites for hydroxylation is 1. The third-order valence-corrected chi connectivity index (χ3v) is 2.58. The van der Waals surface area contributed by atoms with Gasteiger partial charge in [-0.15, -0.1) is 11.6 Å². The summed E-state index contributed by atoms with van der Waals surface area (Å²) in [6.07, 6.45) is 1.96. The number of rotatable bonds is 2. The Hall–Kier alpha value is -1.48. The first-order valence-electron chi connectivity index (χ1n) is 4.68. The largest absolute Gasteiger partial charge is 0.386 e. The van der Waals surface area contributed by atoms with Crippen LogP contribution in [0.1, 0.15) is 5.56 Å². The smallest absolute Gasteiger partial charge is 0.115 e. The van der Waals surface area contributed by atoms with Crippen molar-refractivity contribution in [1.82, 2.24) is 4.98 Å². The summed E-state index contributed by atoms with van der Waals surface area (Å²) in [6, 6.07) is 5.93. The van der Waals surface area contributed by atoms with E-state index in [0.717, 1.165) is 11.2 Å². The lowest BCUT2D eigenvalue weighted by molar-refractivity contribution is 1.40. The molecule has 0 saturated heterocycles. The van der Waals surface area contributed by atoms with Crippen LogP contribution in [-0.4, -0.2) is 16.7 Å². The molecule has 0 aliphatic heterocycles. The molecule has 3 nitrogen and oxygen atoms in total. The topological polar surface area (TPSA) is 54.2 Å². The molecule has 15 heavy (non-hydrogen) atoms. The van der Waals surface area contributed by atoms with Gasteiger partial charge in [0.05, 0.1) is 17.1 Å². The van der Waals surface area contributed by atoms with Crippen LogP contribution in [0, 0.1) is 6.92 Å². The fraction of sp³-hybridized carbons (Fsp3) is 0.182. The zero-order valence-corrected chi connectivity index (χ0v) is 9.17. The molecular weight excluding hydrogens is 210 g/mol. The predicted octanol–water partition coefficient (Wildman–Crippen LogP) is 2.70. The molecule has 0 saturated carbocycles. The molecule has 1 heterocycles. The molecule has 0 fully saturated rings. The highest BCUT2D eigenvalue weighted by molar-refractivity contribution is 6.28. The van der Waals surface area contributed by atoms with Gasteiger partial charge < -0.3 is 10.7 Å². The number of halogens is 1. The average molecular weight is 222 g/mol. The van der Waals surface area contributed by atoms with E-state index in [9.17, 15) is 0 Å². The summed E-state index contributed by atoms with van der Waals surface area (Å²) in [5, 5.41) is 1.17. The fourth-order valence-electron chi connectivity index (χ4n) is 1.56. The molecule has 0 radical (unpaired) electrons. The number of para-hydroxylation sites is 1. The van der Waals surface area contributed by atoms with Crippen molar-refractivity contribution < 1.29 is 0 Å². The van der Waals surface area contributed by atoms with Gasteiger partial charge in [-0.1, -0.05) is 12.1 Å². The highest BCUT2D eigenvalue weighted by atomic mass is 35.5. The number of hydrogen-bond donors (Lipinski definition) is 2. The van der Waals surface area contributed by atoms with Crippen LogP contribution in [-0.2, 0) is 0 Å². The average Bonchev–Trinajstić information content (AvgIpc) is 2.62. The Kier molecular flexibility index (Phi) is 2.64. The molecule has 0 bridgehead atoms. The maximum Gasteiger partial charge on any atom is 0.115 e. The number of hydrogen-bond acceptors (Lipinski definition) is 1. The Morgan fingerprint density at radius 3 is 3.07 bits per heavy atom. The van der Waals surface area contributed by atoms with Crippen molar-refractivity contribution in [2.24, 2.45) is 10.7 Å². The molecule has 2 aromatic rings. The minimum absolute atomic E-state index is 0.246. The second-order valence-corrected chi connectivity index (χ2v) is 3.68. The first kappa shape index (κ1) is 10.1. The van der Waals surface area contributed by atoms with E-state index in [1.54, 1.807) is 0 Å². The van der Waals surface area contributed by atoms with Crippen molar-refractivity contribution in [3.05, 3.63) is 30.0 Å². The van der Waals surface area contributed by atoms with Crippen molar-refractivity contribution in [2.75, 3.05) is 5.88 Å². The predicted molar refractivity (Wildman–Crippen MR) is 65.0 cm³/mol. The summed E-state index contributed by atoms with van der Waals surface area (Å²) in [5.74, 6) is 0.673. The molecular formula is C11H12ClN3. The molecule has 78 valence electrons. The second kappa shape index (κ2) is 3.95. The molecule has 0 atom stereocenters. The second-order valence-electron chi connectivity index (χ2n) is 3.41. The first-order valence-corrected chi connectivity index (χ1v) is 5.21. The van der Waals surface area contributed by atoms with Crippen molar-refractivity contribution in [1.29, 1.82) is 0 Å². The Bertz CT molecular complexity index is 514. The van der Waals surface area contributed by atoms with E-state index in [-0.39, 0.29) is 5.88 Å². The maximum atomic E-state index is 5.61. The van der Waals surface area contributed by atoms with E-state index < -0.39 is 0 Å². The summed E-state index contributed by atoms with van der Waals surface area (Å²) in [7, 11) is 0. The van der Waals surface area contributed by atoms with Gasteiger partial charge in [-0.25, -0.2) is 4.99 Å². The third-order valence-electron chi connectivity index (χ3n) is 2.30. The van der Waals surface area contributed by atoms with Gasteiger partial charge in [0, 0.05) is 11.6 Å². The fourth-order valence-corrected chi connectivity index (χ4v) is 1.62. The Balaban J connectivity index is 2.61. The molecule has 0 aliphatic rings. The normalized spacial score (nSPS) is 12.3. The van der Waals surface area contributed by atoms with E-state index in [0.29, 0.717) is 5.84 Å². The number of amidine groups is 1. The standard InChI is InChI=1S/C11H12ClN3/c1-7-6-14-11-8(7)3-2-4-9(11)15-10(13)5-12/h2-4,6,14H,5H2,1H3,(H2,13,15). The van der Waals surface area contributed by atoms with E-state index in [4.69, 9.17) is 17.3 Å². The Labute approximate surface area is 93.0 Å². The summed E-state index contributed by atoms with van der Waals surface area (Å²) in [5.41, 5.74) is 8.64. The highest BCUT2D eigenvalue weighted by Crippen LogP contribution is 2.26. The maximum absolute atomic E-state index is 5.61. The van der Waals surface area contributed by atoms with Crippen LogP contribution in [0.5, 0.6) is 0 Å². The molecule has 0 aliphatic carbocycles. The van der Waals surface area contributed by atoms with E-state index >= 15 is 0 Å². The number of aromatic nitrogens is 1. The lowest BCUT2D eigenvalue weighted by Gasteiger charge is -1.99. The minimum Gasteiger partial charge on any atom is -0.386 e. The number of nitrogens with two attached hydrogens (primary N) is 1. The number of H-pyrrole nitrogens is 1. The Morgan fingerprint density at radius 2 is 2.33 bits per heavy atom. The summed E-state index contributed by atoms with van der Waals surface area (Å²) < 4.78 is 0. The molecule has 0 amide bonds. The SMILES string of the molecule is Cc1c[nH]c2c(N=C(N)CCl)cccc12. The van der Waals surface area contributed by atoms with Gasteiger partial charge in [0.25, 0.3) is 0 Å². The van der Waals surface area contributed by atoms with Crippen LogP contribution >= 0.6 is 11.6 Å². The van der Waals surface area contributed by atoms with Crippen LogP contribution in [0.2, 0.25) is 0 Å². The van der Waals surface area contributed by atoms with E-state index in [2.05, 4.69) is 23.0 Å². The van der Waals surface area contributed by atoms with Gasteiger partial charge in [-0.3, -0.25) is 0 Å². The van der Waals surface area contributed by atoms with Crippen LogP contribution in [0.25, 0.3) is 10.9 Å². The van der Waals surface area contributed by atoms with Gasteiger partial charge in [0.1, 0.15) is 5.84 Å². The molecule has 4 heteroatoms. The van der Waals surface area contributed by atoms with Crippen LogP contribution in [0.3, 0.4) is 0 Å². The first-order chi connectivity index (χ1) is 7.22. The van der Waals surface area contributed by atoms with Crippen LogP contribution in [0.4, 0.5) is 5.69 Å². The Morgan fingerprint density at radius 1 is 1.53 bits per heavy atom. The quantitative estimate of drug-likeness (QED) is 0.457. The highest BCUT2D eigenvalue weighted by Gasteiger charge is 2.03. The zero-order chi connectivity index (χ0) is 10.8. The van der Waals surface area contributed by atoms with Crippen LogP contribution in [0.15, 0.2) is 29.4 Å². The number of nitrogens with zero attached hydrogens (tertiary/aromatic N) is 1. The van der Waals surface area contributed by atoms with Crippen molar-refractivity contribution in [3.8, 4) is 0 Å².